The van der Waals surface area contributed by atoms with Crippen LogP contribution in [0.25, 0.3) is 0 Å². The molecule has 0 aliphatic carbocycles. The monoisotopic (exact) mass is 370 g/mol. The molecule has 1 aromatic heterocycles. The maximum absolute atomic E-state index is 11.7. The first kappa shape index (κ1) is 18.4. The van der Waals surface area contributed by atoms with E-state index < -0.39 is 30.9 Å². The number of pyridine rings is 1. The fourth-order valence-corrected chi connectivity index (χ4v) is 3.87. The molecule has 1 heterocycles. The van der Waals surface area contributed by atoms with Crippen molar-refractivity contribution >= 4 is 25.6 Å². The Kier molecular flexibility index (Phi) is 5.58. The predicted octanol–water partition coefficient (Wildman–Crippen LogP) is 1.40. The van der Waals surface area contributed by atoms with Gasteiger partial charge in [0.15, 0.2) is 0 Å². The third-order valence-electron chi connectivity index (χ3n) is 3.25. The summed E-state index contributed by atoms with van der Waals surface area (Å²) in [5.74, 6) is -0.185. The number of benzene rings is 1. The minimum atomic E-state index is -4.47. The van der Waals surface area contributed by atoms with Crippen molar-refractivity contribution in [3.63, 3.8) is 0 Å². The largest absolute Gasteiger partial charge is 0.380 e. The number of sulfone groups is 1. The summed E-state index contributed by atoms with van der Waals surface area (Å²) in [7, 11) is -7.77. The minimum absolute atomic E-state index is 0.108. The molecule has 0 bridgehead atoms. The molecule has 0 radical (unpaired) electrons. The number of hydrogen-bond acceptors (Lipinski definition) is 6. The summed E-state index contributed by atoms with van der Waals surface area (Å²) in [4.78, 5) is 3.29. The van der Waals surface area contributed by atoms with Gasteiger partial charge in [-0.15, -0.1) is 0 Å². The number of anilines is 1. The highest BCUT2D eigenvalue weighted by atomic mass is 32.2. The number of rotatable bonds is 7. The van der Waals surface area contributed by atoms with Crippen molar-refractivity contribution < 1.29 is 21.4 Å². The highest BCUT2D eigenvalue weighted by Gasteiger charge is 2.21. The fourth-order valence-electron chi connectivity index (χ4n) is 2.34. The summed E-state index contributed by atoms with van der Waals surface area (Å²) < 4.78 is 55.5. The molecule has 0 saturated carbocycles. The summed E-state index contributed by atoms with van der Waals surface area (Å²) >= 11 is 0. The first-order valence-electron chi connectivity index (χ1n) is 7.05. The maximum Gasteiger partial charge on any atom is 0.298 e. The Bertz CT molecular complexity index is 896. The molecular weight excluding hydrogens is 352 g/mol. The molecule has 0 fully saturated rings. The number of nitrogens with one attached hydrogen (secondary N) is 1. The van der Waals surface area contributed by atoms with Crippen molar-refractivity contribution in [2.75, 3.05) is 17.3 Å². The number of hydrogen-bond donors (Lipinski definition) is 2. The first-order valence-corrected chi connectivity index (χ1v) is 10.5. The molecule has 0 saturated heterocycles. The Balaban J connectivity index is 2.32. The average Bonchev–Trinajstić information content (AvgIpc) is 2.46. The van der Waals surface area contributed by atoms with Crippen LogP contribution < -0.4 is 5.32 Å². The molecule has 2 N–H and O–H groups in total. The van der Waals surface area contributed by atoms with Crippen LogP contribution in [-0.2, 0) is 26.4 Å². The second-order valence-corrected chi connectivity index (χ2v) is 9.05. The Morgan fingerprint density at radius 3 is 2.38 bits per heavy atom. The topological polar surface area (TPSA) is 113 Å². The number of aromatic nitrogens is 1. The molecule has 2 aromatic rings. The lowest BCUT2D eigenvalue weighted by Crippen LogP contribution is -2.31. The second kappa shape index (κ2) is 7.29. The van der Waals surface area contributed by atoms with Gasteiger partial charge in [0.1, 0.15) is 14.7 Å². The summed E-state index contributed by atoms with van der Waals surface area (Å²) in [5, 5.41) is 2.90. The zero-order chi connectivity index (χ0) is 17.8. The van der Waals surface area contributed by atoms with E-state index in [1.165, 1.54) is 12.3 Å². The number of nitrogens with zero attached hydrogens (tertiary/aromatic N) is 1. The van der Waals surface area contributed by atoms with Crippen molar-refractivity contribution in [1.29, 1.82) is 0 Å². The molecule has 1 aromatic carbocycles. The molecule has 7 nitrogen and oxygen atoms in total. The van der Waals surface area contributed by atoms with E-state index in [0.717, 1.165) is 18.0 Å². The fraction of sp³-hybridized carbons (Fsp3) is 0.267. The summed E-state index contributed by atoms with van der Waals surface area (Å²) in [6.45, 7) is 0. The Morgan fingerprint density at radius 2 is 1.79 bits per heavy atom. The van der Waals surface area contributed by atoms with E-state index in [4.69, 9.17) is 0 Å². The van der Waals surface area contributed by atoms with Crippen molar-refractivity contribution in [3.8, 4) is 0 Å². The lowest BCUT2D eigenvalue weighted by atomic mass is 10.1. The third-order valence-corrected chi connectivity index (χ3v) is 5.14. The van der Waals surface area contributed by atoms with E-state index in [1.54, 1.807) is 0 Å². The van der Waals surface area contributed by atoms with E-state index in [2.05, 4.69) is 10.3 Å². The van der Waals surface area contributed by atoms with Crippen LogP contribution >= 0.6 is 0 Å². The van der Waals surface area contributed by atoms with Gasteiger partial charge in [-0.25, -0.2) is 8.42 Å². The van der Waals surface area contributed by atoms with Crippen molar-refractivity contribution in [2.45, 2.75) is 17.4 Å². The molecule has 0 aliphatic rings. The molecular formula is C15H18N2O5S2. The third kappa shape index (κ3) is 5.59. The van der Waals surface area contributed by atoms with Crippen LogP contribution in [0, 0.1) is 0 Å². The van der Waals surface area contributed by atoms with E-state index in [0.29, 0.717) is 6.42 Å². The second-order valence-electron chi connectivity index (χ2n) is 5.47. The molecule has 1 atom stereocenters. The van der Waals surface area contributed by atoms with Gasteiger partial charge >= 0.3 is 0 Å². The van der Waals surface area contributed by atoms with Crippen LogP contribution in [0.4, 0.5) is 5.69 Å². The lowest BCUT2D eigenvalue weighted by Gasteiger charge is -2.20. The first-order chi connectivity index (χ1) is 11.1. The van der Waals surface area contributed by atoms with Gasteiger partial charge in [0, 0.05) is 18.5 Å². The normalized spacial score (nSPS) is 13.4. The van der Waals surface area contributed by atoms with Crippen LogP contribution in [0.2, 0.25) is 0 Å². The Morgan fingerprint density at radius 1 is 1.12 bits per heavy atom. The quantitative estimate of drug-likeness (QED) is 0.708. The smallest absolute Gasteiger partial charge is 0.298 e. The molecule has 2 rings (SSSR count). The Labute approximate surface area is 141 Å². The minimum Gasteiger partial charge on any atom is -0.380 e. The van der Waals surface area contributed by atoms with Gasteiger partial charge < -0.3 is 5.32 Å². The van der Waals surface area contributed by atoms with E-state index in [9.17, 15) is 21.4 Å². The van der Waals surface area contributed by atoms with Gasteiger partial charge in [-0.1, -0.05) is 30.3 Å². The van der Waals surface area contributed by atoms with Crippen molar-refractivity contribution in [1.82, 2.24) is 4.98 Å². The molecule has 24 heavy (non-hydrogen) atoms. The van der Waals surface area contributed by atoms with Gasteiger partial charge in [0.05, 0.1) is 17.6 Å². The lowest BCUT2D eigenvalue weighted by molar-refractivity contribution is 0.483. The predicted molar refractivity (Wildman–Crippen MR) is 91.3 cm³/mol. The molecule has 9 heteroatoms. The van der Waals surface area contributed by atoms with Gasteiger partial charge in [-0.2, -0.15) is 8.42 Å². The molecule has 0 spiro atoms. The van der Waals surface area contributed by atoms with Gasteiger partial charge in [-0.05, 0) is 18.1 Å². The molecule has 0 amide bonds. The maximum atomic E-state index is 11.7. The van der Waals surface area contributed by atoms with Crippen molar-refractivity contribution in [3.05, 3.63) is 54.4 Å². The van der Waals surface area contributed by atoms with Crippen LogP contribution in [0.1, 0.15) is 5.56 Å². The summed E-state index contributed by atoms with van der Waals surface area (Å²) in [5.41, 5.74) is 1.01. The summed E-state index contributed by atoms with van der Waals surface area (Å²) in [6.07, 6.45) is 3.86. The van der Waals surface area contributed by atoms with Crippen LogP contribution in [-0.4, -0.2) is 44.4 Å². The van der Waals surface area contributed by atoms with Crippen molar-refractivity contribution in [2.24, 2.45) is 0 Å². The average molecular weight is 370 g/mol. The molecule has 130 valence electrons. The summed E-state index contributed by atoms with van der Waals surface area (Å²) in [6, 6.07) is 10.0. The van der Waals surface area contributed by atoms with Gasteiger partial charge in [0.2, 0.25) is 0 Å². The van der Waals surface area contributed by atoms with Crippen LogP contribution in [0.3, 0.4) is 0 Å². The van der Waals surface area contributed by atoms with E-state index in [-0.39, 0.29) is 11.4 Å². The van der Waals surface area contributed by atoms with E-state index >= 15 is 0 Å². The van der Waals surface area contributed by atoms with Gasteiger partial charge in [0.25, 0.3) is 10.1 Å². The zero-order valence-electron chi connectivity index (χ0n) is 13.0. The Hall–Kier alpha value is -1.97. The highest BCUT2D eigenvalue weighted by molar-refractivity contribution is 7.90. The van der Waals surface area contributed by atoms with Gasteiger partial charge in [-0.3, -0.25) is 9.54 Å². The van der Waals surface area contributed by atoms with Crippen LogP contribution in [0.15, 0.2) is 53.7 Å². The molecule has 0 aliphatic heterocycles. The van der Waals surface area contributed by atoms with E-state index in [1.807, 2.05) is 30.3 Å². The standard InChI is InChI=1S/C15H18N2O5S2/c1-23(18,19)11-13(9-12-5-3-2-4-6-12)17-14-7-8-16-10-15(14)24(20,21)22/h2-8,10,13H,9,11H2,1H3,(H,16,17)(H,20,21,22)/t13-/m0/s1. The SMILES string of the molecule is CS(=O)(=O)C[C@H](Cc1ccccc1)Nc1ccncc1S(=O)(=O)O. The molecule has 0 unspecified atom stereocenters. The highest BCUT2D eigenvalue weighted by Crippen LogP contribution is 2.21. The van der Waals surface area contributed by atoms with Crippen LogP contribution in [0.5, 0.6) is 0 Å². The zero-order valence-corrected chi connectivity index (χ0v) is 14.6.